The van der Waals surface area contributed by atoms with Crippen LogP contribution in [0.4, 0.5) is 0 Å². The van der Waals surface area contributed by atoms with E-state index in [0.29, 0.717) is 6.42 Å². The van der Waals surface area contributed by atoms with Crippen molar-refractivity contribution >= 4 is 29.4 Å². The van der Waals surface area contributed by atoms with Crippen LogP contribution < -0.4 is 10.7 Å². The van der Waals surface area contributed by atoms with E-state index in [1.807, 2.05) is 0 Å². The fraction of sp³-hybridized carbons (Fsp3) is 0.472. The predicted octanol–water partition coefficient (Wildman–Crippen LogP) is 6.99. The van der Waals surface area contributed by atoms with Gasteiger partial charge in [-0.25, -0.2) is 9.98 Å². The molecule has 0 amide bonds. The van der Waals surface area contributed by atoms with E-state index in [9.17, 15) is 4.79 Å². The van der Waals surface area contributed by atoms with Crippen LogP contribution in [0.3, 0.4) is 0 Å². The quantitative estimate of drug-likeness (QED) is 0.307. The summed E-state index contributed by atoms with van der Waals surface area (Å²) in [5.74, 6) is 0.212. The molecule has 0 saturated heterocycles. The Morgan fingerprint density at radius 1 is 0.667 bits per heavy atom. The average Bonchev–Trinajstić information content (AvgIpc) is 3.73. The predicted molar refractivity (Wildman–Crippen MR) is 172 cm³/mol. The molecule has 0 radical (unpaired) electrons. The number of nitrogens with one attached hydrogen (secondary N) is 1. The molecule has 1 N–H and O–H groups in total. The maximum Gasteiger partial charge on any atom is 0.187 e. The van der Waals surface area contributed by atoms with Crippen molar-refractivity contribution in [3.63, 3.8) is 0 Å². The molecular weight excluding hydrogens is 611 g/mol. The van der Waals surface area contributed by atoms with Crippen LogP contribution >= 0.6 is 0 Å². The molecule has 4 aliphatic rings. The van der Waals surface area contributed by atoms with E-state index in [-0.39, 0.29) is 32.2 Å². The van der Waals surface area contributed by atoms with Crippen LogP contribution in [0.5, 0.6) is 0 Å². The molecule has 0 spiro atoms. The average molecular weight is 657 g/mol. The molecule has 0 fully saturated rings. The van der Waals surface area contributed by atoms with Gasteiger partial charge >= 0.3 is 0 Å². The molecule has 5 nitrogen and oxygen atoms in total. The fourth-order valence-electron chi connectivity index (χ4n) is 7.28. The first-order valence-corrected chi connectivity index (χ1v) is 15.9. The molecule has 0 saturated carbocycles. The minimum Gasteiger partial charge on any atom is -0.357 e. The first kappa shape index (κ1) is 32.1. The third kappa shape index (κ3) is 5.05. The molecule has 1 aromatic rings. The SMILES string of the molecule is CCC1=C(CC)C2=C(CC)C3=NC(=C(CC)C4=C(CC)C(=O)C(C=c5ccc([nH]5)=CC1=N2)N4CC)C(CC)=C3CC.[Pd]. The second-order valence-corrected chi connectivity index (χ2v) is 11.1. The van der Waals surface area contributed by atoms with Crippen LogP contribution in [0.25, 0.3) is 12.2 Å². The van der Waals surface area contributed by atoms with Gasteiger partial charge in [-0.1, -0.05) is 48.5 Å². The van der Waals surface area contributed by atoms with E-state index in [4.69, 9.17) is 9.98 Å². The van der Waals surface area contributed by atoms with E-state index < -0.39 is 0 Å². The summed E-state index contributed by atoms with van der Waals surface area (Å²) in [6, 6.07) is 3.87. The number of allylic oxidation sites excluding steroid dienone is 6. The van der Waals surface area contributed by atoms with Gasteiger partial charge in [-0.05, 0) is 98.4 Å². The Balaban J connectivity index is 0.00000405. The van der Waals surface area contributed by atoms with Gasteiger partial charge in [0.1, 0.15) is 6.04 Å². The summed E-state index contributed by atoms with van der Waals surface area (Å²) in [6.07, 6.45) is 10.4. The number of likely N-dealkylation sites (N-methyl/N-ethyl adjacent to an activating group) is 1. The third-order valence-corrected chi connectivity index (χ3v) is 9.15. The number of rotatable bonds is 8. The number of hydrogen-bond acceptors (Lipinski definition) is 4. The topological polar surface area (TPSA) is 60.8 Å². The molecule has 42 heavy (non-hydrogen) atoms. The number of nitrogens with zero attached hydrogens (tertiary/aromatic N) is 3. The van der Waals surface area contributed by atoms with E-state index in [1.54, 1.807) is 0 Å². The van der Waals surface area contributed by atoms with Gasteiger partial charge < -0.3 is 9.88 Å². The van der Waals surface area contributed by atoms with Crippen molar-refractivity contribution in [1.29, 1.82) is 0 Å². The molecular formula is C36H46N4OPd. The van der Waals surface area contributed by atoms with Gasteiger partial charge in [0.05, 0.1) is 22.8 Å². The van der Waals surface area contributed by atoms with Crippen molar-refractivity contribution < 1.29 is 25.2 Å². The molecule has 0 aliphatic carbocycles. The van der Waals surface area contributed by atoms with E-state index >= 15 is 0 Å². The van der Waals surface area contributed by atoms with Crippen LogP contribution in [0.1, 0.15) is 100 Å². The van der Waals surface area contributed by atoms with Crippen molar-refractivity contribution in [2.45, 2.75) is 106 Å². The van der Waals surface area contributed by atoms with E-state index in [1.165, 1.54) is 33.4 Å². The number of aliphatic imine (C=N–C) groups is 2. The number of aromatic nitrogens is 1. The number of carbonyl (C=O) groups is 1. The normalized spacial score (nSPS) is 20.4. The number of hydrogen-bond donors (Lipinski definition) is 1. The van der Waals surface area contributed by atoms with Gasteiger partial charge in [0.2, 0.25) is 0 Å². The Labute approximate surface area is 265 Å². The molecule has 5 heterocycles. The maximum atomic E-state index is 14.0. The van der Waals surface area contributed by atoms with E-state index in [0.717, 1.165) is 89.9 Å². The molecule has 4 aliphatic heterocycles. The van der Waals surface area contributed by atoms with Gasteiger partial charge in [-0.3, -0.25) is 4.79 Å². The third-order valence-electron chi connectivity index (χ3n) is 9.15. The van der Waals surface area contributed by atoms with Crippen molar-refractivity contribution in [1.82, 2.24) is 9.88 Å². The van der Waals surface area contributed by atoms with Gasteiger partial charge in [0, 0.05) is 60.1 Å². The summed E-state index contributed by atoms with van der Waals surface area (Å²) >= 11 is 0. The standard InChI is InChI=1S/C36H46N4O.Pd/c1-9-23-24(10-2)32-27(13-5)33-25(11-3)26(12-4)34(39-33)28(14-6)35-29(15-7)36(41)31(40(35)16-8)20-22-18-17-21(37-22)19-30(23)38-32;/h17-20,31,37H,9-16H2,1-8H3;. The second kappa shape index (κ2) is 13.2. The van der Waals surface area contributed by atoms with Crippen LogP contribution in [0.2, 0.25) is 0 Å². The molecule has 1 aromatic heterocycles. The summed E-state index contributed by atoms with van der Waals surface area (Å²) in [5.41, 5.74) is 14.2. The van der Waals surface area contributed by atoms with Crippen LogP contribution in [0, 0.1) is 0 Å². The zero-order valence-corrected chi connectivity index (χ0v) is 28.2. The summed E-state index contributed by atoms with van der Waals surface area (Å²) in [5, 5.41) is 1.98. The minimum atomic E-state index is -0.324. The van der Waals surface area contributed by atoms with Crippen molar-refractivity contribution in [3.05, 3.63) is 78.9 Å². The molecule has 0 aromatic carbocycles. The summed E-state index contributed by atoms with van der Waals surface area (Å²) in [6.45, 7) is 18.5. The zero-order chi connectivity index (χ0) is 29.4. The first-order chi connectivity index (χ1) is 19.9. The van der Waals surface area contributed by atoms with Gasteiger partial charge in [-0.2, -0.15) is 0 Å². The molecule has 1 atom stereocenters. The maximum absolute atomic E-state index is 14.0. The van der Waals surface area contributed by atoms with Crippen LogP contribution in [-0.2, 0) is 25.2 Å². The Kier molecular flexibility index (Phi) is 10.1. The smallest absolute Gasteiger partial charge is 0.187 e. The van der Waals surface area contributed by atoms with Gasteiger partial charge in [-0.15, -0.1) is 0 Å². The second-order valence-electron chi connectivity index (χ2n) is 11.1. The minimum absolute atomic E-state index is 0. The van der Waals surface area contributed by atoms with Crippen LogP contribution in [-0.4, -0.2) is 39.7 Å². The molecule has 5 rings (SSSR count). The van der Waals surface area contributed by atoms with Crippen molar-refractivity contribution in [2.24, 2.45) is 9.98 Å². The number of Topliss-reactive ketones (excluding diaryl/α,β-unsaturated/α-hetero) is 1. The van der Waals surface area contributed by atoms with Gasteiger partial charge in [0.15, 0.2) is 5.78 Å². The molecule has 1 unspecified atom stereocenters. The fourth-order valence-corrected chi connectivity index (χ4v) is 7.28. The number of aromatic amines is 1. The van der Waals surface area contributed by atoms with Crippen molar-refractivity contribution in [2.75, 3.05) is 6.54 Å². The molecule has 226 valence electrons. The summed E-state index contributed by atoms with van der Waals surface area (Å²) in [4.78, 5) is 30.7. The monoisotopic (exact) mass is 656 g/mol. The van der Waals surface area contributed by atoms with Gasteiger partial charge in [0.25, 0.3) is 0 Å². The number of ketones is 1. The largest absolute Gasteiger partial charge is 0.357 e. The Morgan fingerprint density at radius 2 is 1.21 bits per heavy atom. The molecule has 6 heteroatoms. The number of carbonyl (C=O) groups excluding carboxylic acids is 1. The Bertz CT molecular complexity index is 1640. The molecule has 8 bridgehead atoms. The van der Waals surface area contributed by atoms with E-state index in [2.05, 4.69) is 89.6 Å². The summed E-state index contributed by atoms with van der Waals surface area (Å²) in [7, 11) is 0. The zero-order valence-electron chi connectivity index (χ0n) is 26.6. The van der Waals surface area contributed by atoms with Crippen molar-refractivity contribution in [3.8, 4) is 0 Å². The number of H-pyrrole nitrogens is 1. The number of fused-ring (bicyclic) bond motifs is 6. The Hall–Kier alpha value is -2.81. The Morgan fingerprint density at radius 3 is 1.79 bits per heavy atom. The van der Waals surface area contributed by atoms with Crippen LogP contribution in [0.15, 0.2) is 78.2 Å². The first-order valence-electron chi connectivity index (χ1n) is 15.9. The summed E-state index contributed by atoms with van der Waals surface area (Å²) < 4.78 is 0.